The summed E-state index contributed by atoms with van der Waals surface area (Å²) in [6.45, 7) is 22.5. The van der Waals surface area contributed by atoms with Crippen molar-refractivity contribution in [2.24, 2.45) is 5.92 Å². The Morgan fingerprint density at radius 1 is 0.833 bits per heavy atom. The second kappa shape index (κ2) is 54.3. The molecule has 0 heterocycles. The lowest BCUT2D eigenvalue weighted by atomic mass is 9.98. The first-order chi connectivity index (χ1) is 8.81. The van der Waals surface area contributed by atoms with Gasteiger partial charge in [0.05, 0.1) is 0 Å². The van der Waals surface area contributed by atoms with Gasteiger partial charge in [-0.3, -0.25) is 0 Å². The fourth-order valence-electron chi connectivity index (χ4n) is 0.982. The molecule has 0 N–H and O–H groups in total. The van der Waals surface area contributed by atoms with E-state index in [0.29, 0.717) is 0 Å². The quantitative estimate of drug-likeness (QED) is 0.388. The van der Waals surface area contributed by atoms with Gasteiger partial charge in [0, 0.05) is 0 Å². The van der Waals surface area contributed by atoms with Crippen LogP contribution in [-0.2, 0) is 0 Å². The van der Waals surface area contributed by atoms with Crippen LogP contribution in [0.3, 0.4) is 0 Å². The van der Waals surface area contributed by atoms with Crippen molar-refractivity contribution in [3.63, 3.8) is 0 Å². The maximum absolute atomic E-state index is 2.31. The molecule has 1 unspecified atom stereocenters. The third-order valence-electron chi connectivity index (χ3n) is 1.49. The molecule has 0 spiro atoms. The molecule has 0 bridgehead atoms. The van der Waals surface area contributed by atoms with Crippen LogP contribution in [0.5, 0.6) is 0 Å². The maximum atomic E-state index is 2.31. The summed E-state index contributed by atoms with van der Waals surface area (Å²) in [5.74, 6) is 0.855. The summed E-state index contributed by atoms with van der Waals surface area (Å²) in [5.41, 5.74) is 0. The van der Waals surface area contributed by atoms with Crippen LogP contribution in [0, 0.1) is 5.92 Å². The van der Waals surface area contributed by atoms with E-state index in [0.717, 1.165) is 5.92 Å². The van der Waals surface area contributed by atoms with E-state index in [1.165, 1.54) is 25.7 Å². The summed E-state index contributed by atoms with van der Waals surface area (Å²) < 4.78 is 0. The molecule has 0 aromatic rings. The van der Waals surface area contributed by atoms with E-state index in [9.17, 15) is 0 Å². The first kappa shape index (κ1) is 30.6. The molecule has 0 fully saturated rings. The summed E-state index contributed by atoms with van der Waals surface area (Å²) in [5, 5.41) is 0. The van der Waals surface area contributed by atoms with Gasteiger partial charge >= 0.3 is 0 Å². The van der Waals surface area contributed by atoms with Crippen molar-refractivity contribution < 1.29 is 0 Å². The van der Waals surface area contributed by atoms with Crippen LogP contribution >= 0.6 is 0 Å². The Hall–Kier alpha value is -0.260. The molecular weight excluding hydrogens is 216 g/mol. The first-order valence-electron chi connectivity index (χ1n) is 8.47. The molecule has 0 heteroatoms. The predicted molar refractivity (Wildman–Crippen MR) is 93.5 cm³/mol. The van der Waals surface area contributed by atoms with Gasteiger partial charge in [-0.2, -0.15) is 0 Å². The van der Waals surface area contributed by atoms with Gasteiger partial charge in [0.25, 0.3) is 0 Å². The van der Waals surface area contributed by atoms with Crippen molar-refractivity contribution in [1.82, 2.24) is 0 Å². The summed E-state index contributed by atoms with van der Waals surface area (Å²) in [4.78, 5) is 0. The molecule has 1 atom stereocenters. The largest absolute Gasteiger partial charge is 0.0883 e. The Labute approximate surface area is 120 Å². The van der Waals surface area contributed by atoms with Gasteiger partial charge in [-0.25, -0.2) is 0 Å². The van der Waals surface area contributed by atoms with Crippen molar-refractivity contribution in [3.05, 3.63) is 12.2 Å². The average molecular weight is 261 g/mol. The second-order valence-electron chi connectivity index (χ2n) is 3.04. The summed E-state index contributed by atoms with van der Waals surface area (Å²) in [7, 11) is 0. The molecule has 0 aliphatic heterocycles. The summed E-state index contributed by atoms with van der Waals surface area (Å²) in [6, 6.07) is 0. The molecule has 0 aromatic heterocycles. The molecule has 0 nitrogen and oxygen atoms in total. The van der Waals surface area contributed by atoms with Gasteiger partial charge in [0.15, 0.2) is 0 Å². The smallest absolute Gasteiger partial charge is 0.0262 e. The van der Waals surface area contributed by atoms with E-state index in [2.05, 4.69) is 32.9 Å². The molecule has 18 heavy (non-hydrogen) atoms. The van der Waals surface area contributed by atoms with Crippen molar-refractivity contribution in [2.75, 3.05) is 0 Å². The minimum absolute atomic E-state index is 0.855. The monoisotopic (exact) mass is 260 g/mol. The molecule has 0 saturated heterocycles. The number of hydrogen-bond donors (Lipinski definition) is 0. The SMILES string of the molecule is CC.CC.CC.CC.CC1C=CCCC1.CCC. The summed E-state index contributed by atoms with van der Waals surface area (Å²) >= 11 is 0. The zero-order valence-corrected chi connectivity index (χ0v) is 15.6. The lowest BCUT2D eigenvalue weighted by molar-refractivity contribution is 0.584. The average Bonchev–Trinajstić information content (AvgIpc) is 2.49. The van der Waals surface area contributed by atoms with Gasteiger partial charge in [0.2, 0.25) is 0 Å². The van der Waals surface area contributed by atoms with E-state index < -0.39 is 0 Å². The highest BCUT2D eigenvalue weighted by Crippen LogP contribution is 2.14. The standard InChI is InChI=1S/C7H12.C3H8.4C2H6/c1-7-5-3-2-4-6-7;1-3-2;4*1-2/h3,5,7H,2,4,6H2,1H3;3H2,1-2H3;4*1-2H3. The highest BCUT2D eigenvalue weighted by atomic mass is 14.0. The van der Waals surface area contributed by atoms with Crippen LogP contribution in [0.4, 0.5) is 0 Å². The summed E-state index contributed by atoms with van der Waals surface area (Å²) in [6.07, 6.45) is 9.95. The number of hydrogen-bond acceptors (Lipinski definition) is 0. The van der Waals surface area contributed by atoms with Gasteiger partial charge < -0.3 is 0 Å². The minimum atomic E-state index is 0.855. The Bertz CT molecular complexity index is 82.0. The van der Waals surface area contributed by atoms with Crippen molar-refractivity contribution in [1.29, 1.82) is 0 Å². The lowest BCUT2D eigenvalue weighted by Crippen LogP contribution is -1.92. The highest BCUT2D eigenvalue weighted by molar-refractivity contribution is 4.90. The zero-order valence-electron chi connectivity index (χ0n) is 15.6. The van der Waals surface area contributed by atoms with E-state index in [4.69, 9.17) is 0 Å². The van der Waals surface area contributed by atoms with Crippen LogP contribution in [0.1, 0.15) is 102 Å². The molecule has 1 rings (SSSR count). The van der Waals surface area contributed by atoms with Crippen LogP contribution in [0.25, 0.3) is 0 Å². The minimum Gasteiger partial charge on any atom is -0.0883 e. The molecule has 0 amide bonds. The highest BCUT2D eigenvalue weighted by Gasteiger charge is 1.98. The van der Waals surface area contributed by atoms with Crippen molar-refractivity contribution >= 4 is 0 Å². The maximum Gasteiger partial charge on any atom is -0.0262 e. The molecular formula is C18H44. The Morgan fingerprint density at radius 3 is 1.28 bits per heavy atom. The number of rotatable bonds is 0. The van der Waals surface area contributed by atoms with Gasteiger partial charge in [0.1, 0.15) is 0 Å². The van der Waals surface area contributed by atoms with E-state index in [-0.39, 0.29) is 0 Å². The van der Waals surface area contributed by atoms with E-state index >= 15 is 0 Å². The number of allylic oxidation sites excluding steroid dienone is 2. The first-order valence-corrected chi connectivity index (χ1v) is 8.47. The van der Waals surface area contributed by atoms with E-state index in [1.807, 2.05) is 55.4 Å². The second-order valence-corrected chi connectivity index (χ2v) is 3.04. The Balaban J connectivity index is -0.0000000442. The predicted octanol–water partition coefficient (Wildman–Crippen LogP) is 7.88. The molecule has 0 radical (unpaired) electrons. The van der Waals surface area contributed by atoms with E-state index in [1.54, 1.807) is 0 Å². The van der Waals surface area contributed by atoms with Gasteiger partial charge in [-0.05, 0) is 25.2 Å². The Morgan fingerprint density at radius 2 is 1.17 bits per heavy atom. The fourth-order valence-corrected chi connectivity index (χ4v) is 0.982. The van der Waals surface area contributed by atoms with Crippen LogP contribution < -0.4 is 0 Å². The third kappa shape index (κ3) is 57.1. The Kier molecular flexibility index (Phi) is 92.4. The molecule has 1 aliphatic rings. The van der Waals surface area contributed by atoms with Gasteiger partial charge in [-0.1, -0.05) is 94.7 Å². The molecule has 0 saturated carbocycles. The van der Waals surface area contributed by atoms with Crippen molar-refractivity contribution in [3.8, 4) is 0 Å². The lowest BCUT2D eigenvalue weighted by Gasteiger charge is -2.08. The topological polar surface area (TPSA) is 0 Å². The fraction of sp³-hybridized carbons (Fsp3) is 0.889. The van der Waals surface area contributed by atoms with Gasteiger partial charge in [-0.15, -0.1) is 0 Å². The molecule has 0 aromatic carbocycles. The van der Waals surface area contributed by atoms with Crippen LogP contribution in [0.2, 0.25) is 0 Å². The van der Waals surface area contributed by atoms with Crippen LogP contribution in [-0.4, -0.2) is 0 Å². The molecule has 116 valence electrons. The molecule has 1 aliphatic carbocycles. The normalized spacial score (nSPS) is 14.3. The zero-order chi connectivity index (χ0) is 15.8. The van der Waals surface area contributed by atoms with Crippen LogP contribution in [0.15, 0.2) is 12.2 Å². The van der Waals surface area contributed by atoms with Crippen molar-refractivity contribution in [2.45, 2.75) is 102 Å². The third-order valence-corrected chi connectivity index (χ3v) is 1.49.